The second-order valence-corrected chi connectivity index (χ2v) is 4.77. The first-order chi connectivity index (χ1) is 9.28. The first-order valence-corrected chi connectivity index (χ1v) is 6.39. The Kier molecular flexibility index (Phi) is 2.95. The number of anilines is 1. The third-order valence-corrected chi connectivity index (χ3v) is 3.58. The highest BCUT2D eigenvalue weighted by Crippen LogP contribution is 2.32. The molecule has 0 spiro atoms. The summed E-state index contributed by atoms with van der Waals surface area (Å²) in [5.74, 6) is 0.230. The van der Waals surface area contributed by atoms with Gasteiger partial charge in [0.25, 0.3) is 0 Å². The van der Waals surface area contributed by atoms with Gasteiger partial charge in [-0.3, -0.25) is 4.99 Å². The van der Waals surface area contributed by atoms with Gasteiger partial charge in [0.15, 0.2) is 0 Å². The fourth-order valence-electron chi connectivity index (χ4n) is 2.61. The van der Waals surface area contributed by atoms with Crippen molar-refractivity contribution in [1.82, 2.24) is 0 Å². The molecule has 2 aromatic carbocycles. The van der Waals surface area contributed by atoms with E-state index in [9.17, 15) is 5.11 Å². The molecule has 0 unspecified atom stereocenters. The van der Waals surface area contributed by atoms with Gasteiger partial charge < -0.3 is 10.0 Å². The first-order valence-electron chi connectivity index (χ1n) is 6.39. The summed E-state index contributed by atoms with van der Waals surface area (Å²) in [6.45, 7) is 5.39. The quantitative estimate of drug-likeness (QED) is 0.851. The molecule has 19 heavy (non-hydrogen) atoms. The lowest BCUT2D eigenvalue weighted by atomic mass is 10.1. The summed E-state index contributed by atoms with van der Waals surface area (Å²) in [7, 11) is 0. The van der Waals surface area contributed by atoms with Crippen molar-refractivity contribution in [2.75, 3.05) is 11.4 Å². The Morgan fingerprint density at radius 2 is 2.05 bits per heavy atom. The van der Waals surface area contributed by atoms with E-state index in [1.807, 2.05) is 6.07 Å². The van der Waals surface area contributed by atoms with Gasteiger partial charge in [0, 0.05) is 24.8 Å². The summed E-state index contributed by atoms with van der Waals surface area (Å²) in [4.78, 5) is 6.34. The SMILES string of the molecule is C=Nc1cc(O)ccc1CN1CCc2ccccc21. The highest BCUT2D eigenvalue weighted by atomic mass is 16.3. The van der Waals surface area contributed by atoms with E-state index in [0.717, 1.165) is 30.8 Å². The average Bonchev–Trinajstić information content (AvgIpc) is 2.84. The Morgan fingerprint density at radius 3 is 2.89 bits per heavy atom. The molecule has 1 heterocycles. The molecule has 0 fully saturated rings. The van der Waals surface area contributed by atoms with Crippen LogP contribution in [0.25, 0.3) is 0 Å². The van der Waals surface area contributed by atoms with Crippen LogP contribution >= 0.6 is 0 Å². The van der Waals surface area contributed by atoms with E-state index in [2.05, 4.69) is 40.9 Å². The molecule has 0 amide bonds. The second kappa shape index (κ2) is 4.76. The third-order valence-electron chi connectivity index (χ3n) is 3.58. The molecule has 96 valence electrons. The minimum absolute atomic E-state index is 0.230. The Labute approximate surface area is 112 Å². The molecule has 3 heteroatoms. The second-order valence-electron chi connectivity index (χ2n) is 4.77. The predicted molar refractivity (Wildman–Crippen MR) is 78.5 cm³/mol. The van der Waals surface area contributed by atoms with Crippen LogP contribution in [0.3, 0.4) is 0 Å². The van der Waals surface area contributed by atoms with Gasteiger partial charge in [0.05, 0.1) is 5.69 Å². The zero-order chi connectivity index (χ0) is 13.2. The summed E-state index contributed by atoms with van der Waals surface area (Å²) >= 11 is 0. The summed E-state index contributed by atoms with van der Waals surface area (Å²) in [5, 5.41) is 9.49. The lowest BCUT2D eigenvalue weighted by molar-refractivity contribution is 0.475. The minimum atomic E-state index is 0.230. The number of para-hydroxylation sites is 1. The fraction of sp³-hybridized carbons (Fsp3) is 0.188. The van der Waals surface area contributed by atoms with Gasteiger partial charge in [-0.2, -0.15) is 0 Å². The zero-order valence-corrected chi connectivity index (χ0v) is 10.7. The fourth-order valence-corrected chi connectivity index (χ4v) is 2.61. The van der Waals surface area contributed by atoms with E-state index in [1.54, 1.807) is 12.1 Å². The number of hydrogen-bond donors (Lipinski definition) is 1. The number of phenolic OH excluding ortho intramolecular Hbond substituents is 1. The van der Waals surface area contributed by atoms with Crippen molar-refractivity contribution in [3.8, 4) is 5.75 Å². The molecule has 2 aromatic rings. The number of rotatable bonds is 3. The van der Waals surface area contributed by atoms with Gasteiger partial charge in [-0.25, -0.2) is 0 Å². The Morgan fingerprint density at radius 1 is 1.21 bits per heavy atom. The van der Waals surface area contributed by atoms with Gasteiger partial charge in [-0.05, 0) is 36.4 Å². The smallest absolute Gasteiger partial charge is 0.117 e. The normalized spacial score (nSPS) is 13.4. The number of benzene rings is 2. The monoisotopic (exact) mass is 252 g/mol. The van der Waals surface area contributed by atoms with E-state index in [-0.39, 0.29) is 5.75 Å². The molecule has 0 saturated carbocycles. The molecule has 0 radical (unpaired) electrons. The number of hydrogen-bond acceptors (Lipinski definition) is 3. The number of fused-ring (bicyclic) bond motifs is 1. The van der Waals surface area contributed by atoms with Crippen LogP contribution in [-0.2, 0) is 13.0 Å². The molecule has 0 saturated heterocycles. The van der Waals surface area contributed by atoms with Crippen LogP contribution in [0.5, 0.6) is 5.75 Å². The molecular formula is C16H16N2O. The molecule has 0 aliphatic carbocycles. The Bertz CT molecular complexity index is 622. The Balaban J connectivity index is 1.89. The number of phenols is 1. The molecule has 1 N–H and O–H groups in total. The molecule has 0 bridgehead atoms. The molecule has 3 rings (SSSR count). The van der Waals surface area contributed by atoms with Crippen molar-refractivity contribution in [2.45, 2.75) is 13.0 Å². The molecule has 0 atom stereocenters. The van der Waals surface area contributed by atoms with Crippen molar-refractivity contribution < 1.29 is 5.11 Å². The van der Waals surface area contributed by atoms with Crippen LogP contribution in [0, 0.1) is 0 Å². The van der Waals surface area contributed by atoms with Crippen molar-refractivity contribution >= 4 is 18.1 Å². The summed E-state index contributed by atoms with van der Waals surface area (Å²) in [6.07, 6.45) is 1.09. The van der Waals surface area contributed by atoms with E-state index < -0.39 is 0 Å². The highest BCUT2D eigenvalue weighted by Gasteiger charge is 2.19. The molecule has 1 aliphatic heterocycles. The maximum Gasteiger partial charge on any atom is 0.117 e. The van der Waals surface area contributed by atoms with Crippen molar-refractivity contribution in [2.24, 2.45) is 4.99 Å². The van der Waals surface area contributed by atoms with Gasteiger partial charge >= 0.3 is 0 Å². The first kappa shape index (κ1) is 11.8. The van der Waals surface area contributed by atoms with Gasteiger partial charge in [-0.1, -0.05) is 24.3 Å². The van der Waals surface area contributed by atoms with Crippen LogP contribution in [-0.4, -0.2) is 18.4 Å². The van der Waals surface area contributed by atoms with Crippen LogP contribution in [0.15, 0.2) is 47.5 Å². The minimum Gasteiger partial charge on any atom is -0.508 e. The highest BCUT2D eigenvalue weighted by molar-refractivity contribution is 5.61. The standard InChI is InChI=1S/C16H16N2O/c1-17-15-10-14(19)7-6-13(15)11-18-9-8-12-4-2-3-5-16(12)18/h2-7,10,19H,1,8-9,11H2. The van der Waals surface area contributed by atoms with Crippen LogP contribution in [0.4, 0.5) is 11.4 Å². The molecule has 3 nitrogen and oxygen atoms in total. The maximum atomic E-state index is 9.49. The van der Waals surface area contributed by atoms with Gasteiger partial charge in [0.2, 0.25) is 0 Å². The third kappa shape index (κ3) is 2.19. The Hall–Kier alpha value is -2.29. The predicted octanol–water partition coefficient (Wildman–Crippen LogP) is 3.29. The molecular weight excluding hydrogens is 236 g/mol. The van der Waals surface area contributed by atoms with Crippen molar-refractivity contribution in [1.29, 1.82) is 0 Å². The van der Waals surface area contributed by atoms with Gasteiger partial charge in [-0.15, -0.1) is 0 Å². The van der Waals surface area contributed by atoms with E-state index in [4.69, 9.17) is 0 Å². The average molecular weight is 252 g/mol. The van der Waals surface area contributed by atoms with E-state index in [1.165, 1.54) is 11.3 Å². The van der Waals surface area contributed by atoms with Crippen LogP contribution in [0.2, 0.25) is 0 Å². The van der Waals surface area contributed by atoms with Crippen molar-refractivity contribution in [3.05, 3.63) is 53.6 Å². The zero-order valence-electron chi connectivity index (χ0n) is 10.7. The van der Waals surface area contributed by atoms with Crippen LogP contribution < -0.4 is 4.90 Å². The lowest BCUT2D eigenvalue weighted by Crippen LogP contribution is -2.19. The molecule has 0 aromatic heterocycles. The van der Waals surface area contributed by atoms with E-state index >= 15 is 0 Å². The van der Waals surface area contributed by atoms with Crippen LogP contribution in [0.1, 0.15) is 11.1 Å². The number of aliphatic imine (C=N–C) groups is 1. The number of nitrogens with zero attached hydrogens (tertiary/aromatic N) is 2. The van der Waals surface area contributed by atoms with Gasteiger partial charge in [0.1, 0.15) is 5.75 Å². The largest absolute Gasteiger partial charge is 0.508 e. The lowest BCUT2D eigenvalue weighted by Gasteiger charge is -2.20. The summed E-state index contributed by atoms with van der Waals surface area (Å²) in [6, 6.07) is 13.8. The maximum absolute atomic E-state index is 9.49. The molecule has 1 aliphatic rings. The summed E-state index contributed by atoms with van der Waals surface area (Å²) < 4.78 is 0. The topological polar surface area (TPSA) is 35.8 Å². The number of aromatic hydroxyl groups is 1. The summed E-state index contributed by atoms with van der Waals surface area (Å²) in [5.41, 5.74) is 4.54. The van der Waals surface area contributed by atoms with E-state index in [0.29, 0.717) is 0 Å². The van der Waals surface area contributed by atoms with Crippen molar-refractivity contribution in [3.63, 3.8) is 0 Å².